The van der Waals surface area contributed by atoms with E-state index in [4.69, 9.17) is 14.2 Å². The van der Waals surface area contributed by atoms with E-state index in [2.05, 4.69) is 43.3 Å². The van der Waals surface area contributed by atoms with E-state index in [0.717, 1.165) is 47.6 Å². The molecule has 0 bridgehead atoms. The van der Waals surface area contributed by atoms with Gasteiger partial charge in [0, 0.05) is 5.56 Å². The second-order valence-corrected chi connectivity index (χ2v) is 8.85. The molecule has 0 fully saturated rings. The van der Waals surface area contributed by atoms with Crippen LogP contribution in [0.4, 0.5) is 0 Å². The molecule has 1 aliphatic heterocycles. The average molecular weight is 431 g/mol. The van der Waals surface area contributed by atoms with Crippen LogP contribution in [0.5, 0.6) is 17.2 Å². The second kappa shape index (κ2) is 9.25. The first-order chi connectivity index (χ1) is 15.7. The van der Waals surface area contributed by atoms with Gasteiger partial charge in [-0.05, 0) is 97.0 Å². The Morgan fingerprint density at radius 2 is 1.81 bits per heavy atom. The predicted molar refractivity (Wildman–Crippen MR) is 124 cm³/mol. The maximum absolute atomic E-state index is 10.0. The van der Waals surface area contributed by atoms with E-state index < -0.39 is 0 Å². The fourth-order valence-electron chi connectivity index (χ4n) is 4.95. The molecule has 1 unspecified atom stereocenters. The Balaban J connectivity index is 1.33. The quantitative estimate of drug-likeness (QED) is 0.511. The molecule has 166 valence electrons. The van der Waals surface area contributed by atoms with Gasteiger partial charge in [-0.15, -0.1) is 0 Å². The number of hydrogen-bond acceptors (Lipinski definition) is 4. The number of aliphatic hydroxyl groups excluding tert-OH is 1. The van der Waals surface area contributed by atoms with E-state index in [0.29, 0.717) is 19.3 Å². The van der Waals surface area contributed by atoms with Crippen molar-refractivity contribution in [3.63, 3.8) is 0 Å². The van der Waals surface area contributed by atoms with Crippen molar-refractivity contribution >= 4 is 0 Å². The average Bonchev–Trinajstić information content (AvgIpc) is 3.28. The highest BCUT2D eigenvalue weighted by atomic mass is 16.7. The highest BCUT2D eigenvalue weighted by Crippen LogP contribution is 2.40. The molecule has 0 saturated heterocycles. The summed E-state index contributed by atoms with van der Waals surface area (Å²) in [5.41, 5.74) is 7.34. The number of aryl methyl sites for hydroxylation is 3. The Morgan fingerprint density at radius 3 is 2.62 bits per heavy atom. The highest BCUT2D eigenvalue weighted by molar-refractivity contribution is 5.49. The van der Waals surface area contributed by atoms with Gasteiger partial charge in [-0.25, -0.2) is 0 Å². The fourth-order valence-corrected chi connectivity index (χ4v) is 4.95. The Labute approximate surface area is 189 Å². The summed E-state index contributed by atoms with van der Waals surface area (Å²) in [4.78, 5) is 0. The predicted octanol–water partition coefficient (Wildman–Crippen LogP) is 5.85. The van der Waals surface area contributed by atoms with Gasteiger partial charge in [0.25, 0.3) is 0 Å². The molecule has 1 aliphatic carbocycles. The minimum absolute atomic E-state index is 0.00854. The second-order valence-electron chi connectivity index (χ2n) is 8.85. The summed E-state index contributed by atoms with van der Waals surface area (Å²) in [7, 11) is 0. The molecule has 2 aliphatic rings. The van der Waals surface area contributed by atoms with Gasteiger partial charge in [-0.2, -0.15) is 0 Å². The van der Waals surface area contributed by atoms with Crippen molar-refractivity contribution in [2.75, 3.05) is 6.79 Å². The summed E-state index contributed by atoms with van der Waals surface area (Å²) in [6, 6.07) is 18.8. The molecule has 3 aromatic carbocycles. The van der Waals surface area contributed by atoms with Gasteiger partial charge in [-0.3, -0.25) is 0 Å². The summed E-state index contributed by atoms with van der Waals surface area (Å²) in [5, 5.41) is 10.0. The molecule has 4 nitrogen and oxygen atoms in total. The Bertz CT molecular complexity index is 1090. The standard InChI is InChI=1S/C28H30O4/c1-19-12-27-28(32-18-31-27)14-22(19)11-10-21-8-5-9-23-15-26(24(16-29)13-25(21)23)30-17-20-6-3-2-4-7-20/h2-4,6-7,12-15,21,29H,5,8-11,16-18H2,1H3. The molecule has 0 spiro atoms. The summed E-state index contributed by atoms with van der Waals surface area (Å²) in [6.45, 7) is 2.96. The zero-order valence-electron chi connectivity index (χ0n) is 18.6. The number of hydrogen-bond donors (Lipinski definition) is 1. The largest absolute Gasteiger partial charge is 0.489 e. The molecular formula is C28H30O4. The van der Waals surface area contributed by atoms with Gasteiger partial charge < -0.3 is 19.3 Å². The molecule has 0 radical (unpaired) electrons. The molecule has 0 aromatic heterocycles. The molecule has 3 aromatic rings. The topological polar surface area (TPSA) is 47.9 Å². The first-order valence-electron chi connectivity index (χ1n) is 11.5. The molecule has 0 saturated carbocycles. The monoisotopic (exact) mass is 430 g/mol. The number of fused-ring (bicyclic) bond motifs is 2. The zero-order valence-corrected chi connectivity index (χ0v) is 18.6. The third-order valence-corrected chi connectivity index (χ3v) is 6.76. The molecule has 5 rings (SSSR count). The van der Waals surface area contributed by atoms with Gasteiger partial charge in [0.1, 0.15) is 12.4 Å². The van der Waals surface area contributed by atoms with Crippen molar-refractivity contribution < 1.29 is 19.3 Å². The van der Waals surface area contributed by atoms with E-state index in [1.807, 2.05) is 18.2 Å². The van der Waals surface area contributed by atoms with Crippen molar-refractivity contribution in [3.05, 3.63) is 88.0 Å². The van der Waals surface area contributed by atoms with Crippen LogP contribution < -0.4 is 14.2 Å². The minimum Gasteiger partial charge on any atom is -0.489 e. The molecule has 0 amide bonds. The summed E-state index contributed by atoms with van der Waals surface area (Å²) >= 11 is 0. The van der Waals surface area contributed by atoms with Crippen LogP contribution in [-0.4, -0.2) is 11.9 Å². The van der Waals surface area contributed by atoms with E-state index >= 15 is 0 Å². The van der Waals surface area contributed by atoms with Crippen LogP contribution in [0, 0.1) is 6.92 Å². The van der Waals surface area contributed by atoms with Crippen LogP contribution in [0.15, 0.2) is 54.6 Å². The van der Waals surface area contributed by atoms with Crippen molar-refractivity contribution in [1.82, 2.24) is 0 Å². The van der Waals surface area contributed by atoms with Crippen LogP contribution in [-0.2, 0) is 26.1 Å². The minimum atomic E-state index is -0.00854. The first kappa shape index (κ1) is 20.9. The Hall–Kier alpha value is -2.98. The van der Waals surface area contributed by atoms with Gasteiger partial charge in [-0.1, -0.05) is 30.3 Å². The summed E-state index contributed by atoms with van der Waals surface area (Å²) < 4.78 is 17.2. The third-order valence-electron chi connectivity index (χ3n) is 6.76. The Kier molecular flexibility index (Phi) is 6.04. The number of ether oxygens (including phenoxy) is 3. The van der Waals surface area contributed by atoms with E-state index in [-0.39, 0.29) is 6.61 Å². The normalized spacial score (nSPS) is 16.6. The van der Waals surface area contributed by atoms with Crippen molar-refractivity contribution in [2.24, 2.45) is 0 Å². The van der Waals surface area contributed by atoms with Crippen molar-refractivity contribution in [3.8, 4) is 17.2 Å². The Morgan fingerprint density at radius 1 is 1.00 bits per heavy atom. The van der Waals surface area contributed by atoms with Gasteiger partial charge in [0.05, 0.1) is 6.61 Å². The molecule has 32 heavy (non-hydrogen) atoms. The van der Waals surface area contributed by atoms with Crippen LogP contribution >= 0.6 is 0 Å². The summed E-state index contributed by atoms with van der Waals surface area (Å²) in [6.07, 6.45) is 5.54. The molecule has 1 N–H and O–H groups in total. The lowest BCUT2D eigenvalue weighted by Gasteiger charge is -2.27. The van der Waals surface area contributed by atoms with Gasteiger partial charge in [0.2, 0.25) is 6.79 Å². The van der Waals surface area contributed by atoms with Crippen molar-refractivity contribution in [2.45, 2.75) is 58.2 Å². The van der Waals surface area contributed by atoms with Crippen LogP contribution in [0.3, 0.4) is 0 Å². The molecule has 1 heterocycles. The zero-order chi connectivity index (χ0) is 21.9. The van der Waals surface area contributed by atoms with Gasteiger partial charge in [0.15, 0.2) is 11.5 Å². The SMILES string of the molecule is Cc1cc2c(cc1CCC1CCCc3cc(OCc4ccccc4)c(CO)cc31)OCO2. The van der Waals surface area contributed by atoms with E-state index in [9.17, 15) is 5.11 Å². The molecular weight excluding hydrogens is 400 g/mol. The smallest absolute Gasteiger partial charge is 0.231 e. The van der Waals surface area contributed by atoms with Crippen LogP contribution in [0.2, 0.25) is 0 Å². The van der Waals surface area contributed by atoms with Crippen molar-refractivity contribution in [1.29, 1.82) is 0 Å². The lowest BCUT2D eigenvalue weighted by molar-refractivity contribution is 0.174. The lowest BCUT2D eigenvalue weighted by atomic mass is 9.79. The van der Waals surface area contributed by atoms with E-state index in [1.165, 1.54) is 35.1 Å². The van der Waals surface area contributed by atoms with Crippen LogP contribution in [0.25, 0.3) is 0 Å². The molecule has 1 atom stereocenters. The maximum Gasteiger partial charge on any atom is 0.231 e. The third kappa shape index (κ3) is 4.33. The van der Waals surface area contributed by atoms with E-state index in [1.54, 1.807) is 0 Å². The first-order valence-corrected chi connectivity index (χ1v) is 11.5. The number of aliphatic hydroxyl groups is 1. The number of rotatable bonds is 7. The lowest BCUT2D eigenvalue weighted by Crippen LogP contribution is -2.13. The number of benzene rings is 3. The van der Waals surface area contributed by atoms with Crippen LogP contribution in [0.1, 0.15) is 58.6 Å². The van der Waals surface area contributed by atoms with Gasteiger partial charge >= 0.3 is 0 Å². The highest BCUT2D eigenvalue weighted by Gasteiger charge is 2.23. The summed E-state index contributed by atoms with van der Waals surface area (Å²) in [5.74, 6) is 3.02. The fraction of sp³-hybridized carbons (Fsp3) is 0.357. The maximum atomic E-state index is 10.0. The molecule has 4 heteroatoms.